The number of nitrogens with zero attached hydrogens (tertiary/aromatic N) is 2. The molecule has 2 rings (SSSR count). The fraction of sp³-hybridized carbons (Fsp3) is 0.667. The smallest absolute Gasteiger partial charge is 0.162 e. The molecule has 2 heterocycles. The summed E-state index contributed by atoms with van der Waals surface area (Å²) in [5.74, 6) is 1.10. The maximum atomic E-state index is 5.82. The molecule has 17 heavy (non-hydrogen) atoms. The van der Waals surface area contributed by atoms with Gasteiger partial charge in [0.15, 0.2) is 5.82 Å². The van der Waals surface area contributed by atoms with Crippen molar-refractivity contribution in [1.82, 2.24) is 9.97 Å². The van der Waals surface area contributed by atoms with E-state index in [2.05, 4.69) is 30.7 Å². The molecule has 2 N–H and O–H groups in total. The Morgan fingerprint density at radius 1 is 1.29 bits per heavy atom. The van der Waals surface area contributed by atoms with E-state index in [9.17, 15) is 0 Å². The van der Waals surface area contributed by atoms with E-state index >= 15 is 0 Å². The number of ether oxygens (including phenoxy) is 2. The average Bonchev–Trinajstić information content (AvgIpc) is 2.28. The third-order valence-corrected chi connectivity index (χ3v) is 2.64. The zero-order chi connectivity index (χ0) is 12.5. The Bertz CT molecular complexity index is 395. The van der Waals surface area contributed by atoms with Crippen molar-refractivity contribution in [3.63, 3.8) is 0 Å². The predicted octanol–water partition coefficient (Wildman–Crippen LogP) is 1.44. The van der Waals surface area contributed by atoms with Crippen LogP contribution < -0.4 is 5.73 Å². The van der Waals surface area contributed by atoms with Gasteiger partial charge in [-0.15, -0.1) is 0 Å². The van der Waals surface area contributed by atoms with Gasteiger partial charge in [0.25, 0.3) is 0 Å². The highest BCUT2D eigenvalue weighted by Crippen LogP contribution is 2.24. The molecule has 0 saturated carbocycles. The summed E-state index contributed by atoms with van der Waals surface area (Å²) in [6.07, 6.45) is -0.201. The Hall–Kier alpha value is -1.20. The van der Waals surface area contributed by atoms with E-state index in [1.54, 1.807) is 0 Å². The van der Waals surface area contributed by atoms with Gasteiger partial charge in [-0.2, -0.15) is 0 Å². The van der Waals surface area contributed by atoms with E-state index in [0.29, 0.717) is 31.5 Å². The van der Waals surface area contributed by atoms with Crippen molar-refractivity contribution in [3.05, 3.63) is 17.6 Å². The minimum absolute atomic E-state index is 0.0542. The third-order valence-electron chi connectivity index (χ3n) is 2.64. The highest BCUT2D eigenvalue weighted by atomic mass is 16.6. The van der Waals surface area contributed by atoms with Crippen molar-refractivity contribution >= 4 is 5.82 Å². The predicted molar refractivity (Wildman–Crippen MR) is 64.7 cm³/mol. The van der Waals surface area contributed by atoms with Crippen LogP contribution in [0.1, 0.15) is 38.4 Å². The summed E-state index contributed by atoms with van der Waals surface area (Å²) in [5.41, 5.74) is 6.69. The summed E-state index contributed by atoms with van der Waals surface area (Å²) in [6, 6.07) is 1.81. The first-order valence-corrected chi connectivity index (χ1v) is 5.81. The Morgan fingerprint density at radius 3 is 2.65 bits per heavy atom. The zero-order valence-corrected chi connectivity index (χ0v) is 10.6. The molecule has 1 aromatic heterocycles. The molecule has 5 heteroatoms. The van der Waals surface area contributed by atoms with Gasteiger partial charge < -0.3 is 15.2 Å². The monoisotopic (exact) mass is 237 g/mol. The lowest BCUT2D eigenvalue weighted by Gasteiger charge is -2.24. The Balaban J connectivity index is 2.31. The van der Waals surface area contributed by atoms with Gasteiger partial charge in [-0.05, 0) is 0 Å². The van der Waals surface area contributed by atoms with Crippen molar-refractivity contribution in [3.8, 4) is 0 Å². The van der Waals surface area contributed by atoms with Crippen LogP contribution >= 0.6 is 0 Å². The molecule has 1 aromatic rings. The maximum Gasteiger partial charge on any atom is 0.162 e. The van der Waals surface area contributed by atoms with Crippen LogP contribution in [0.4, 0.5) is 5.82 Å². The van der Waals surface area contributed by atoms with Gasteiger partial charge in [-0.25, -0.2) is 9.97 Å². The molecule has 1 fully saturated rings. The van der Waals surface area contributed by atoms with Crippen molar-refractivity contribution in [1.29, 1.82) is 0 Å². The van der Waals surface area contributed by atoms with Gasteiger partial charge in [0.1, 0.15) is 11.9 Å². The van der Waals surface area contributed by atoms with Gasteiger partial charge in [0, 0.05) is 11.5 Å². The molecule has 0 aromatic carbocycles. The Labute approximate surface area is 101 Å². The molecule has 94 valence electrons. The van der Waals surface area contributed by atoms with Gasteiger partial charge in [-0.3, -0.25) is 0 Å². The molecule has 0 radical (unpaired) electrons. The lowest BCUT2D eigenvalue weighted by atomic mass is 9.92. The summed E-state index contributed by atoms with van der Waals surface area (Å²) in [7, 11) is 0. The first-order chi connectivity index (χ1) is 7.97. The molecule has 0 aliphatic carbocycles. The number of rotatable bonds is 1. The molecule has 1 saturated heterocycles. The average molecular weight is 237 g/mol. The molecular formula is C12H19N3O2. The second kappa shape index (κ2) is 4.58. The summed E-state index contributed by atoms with van der Waals surface area (Å²) in [5, 5.41) is 0. The first-order valence-electron chi connectivity index (χ1n) is 5.81. The topological polar surface area (TPSA) is 70.3 Å². The minimum atomic E-state index is -0.201. The number of nitrogens with two attached hydrogens (primary N) is 1. The molecule has 0 spiro atoms. The van der Waals surface area contributed by atoms with Crippen molar-refractivity contribution in [2.24, 2.45) is 0 Å². The van der Waals surface area contributed by atoms with Crippen LogP contribution in [0.15, 0.2) is 6.07 Å². The van der Waals surface area contributed by atoms with E-state index in [-0.39, 0.29) is 11.5 Å². The van der Waals surface area contributed by atoms with Crippen LogP contribution in [0.2, 0.25) is 0 Å². The normalized spacial score (nSPS) is 21.5. The van der Waals surface area contributed by atoms with Crippen LogP contribution in [0.25, 0.3) is 0 Å². The molecule has 0 bridgehead atoms. The Morgan fingerprint density at radius 2 is 2.06 bits per heavy atom. The first kappa shape index (κ1) is 12.3. The summed E-state index contributed by atoms with van der Waals surface area (Å²) in [6.45, 7) is 7.98. The van der Waals surface area contributed by atoms with Gasteiger partial charge >= 0.3 is 0 Å². The van der Waals surface area contributed by atoms with Gasteiger partial charge in [0.2, 0.25) is 0 Å². The third kappa shape index (κ3) is 2.92. The largest absolute Gasteiger partial charge is 0.384 e. The van der Waals surface area contributed by atoms with Crippen LogP contribution in [0.5, 0.6) is 0 Å². The summed E-state index contributed by atoms with van der Waals surface area (Å²) in [4.78, 5) is 8.77. The summed E-state index contributed by atoms with van der Waals surface area (Å²) < 4.78 is 10.9. The van der Waals surface area contributed by atoms with Gasteiger partial charge in [-0.1, -0.05) is 20.8 Å². The molecule has 1 aliphatic heterocycles. The number of hydrogen-bond acceptors (Lipinski definition) is 5. The molecule has 5 nitrogen and oxygen atoms in total. The van der Waals surface area contributed by atoms with Crippen molar-refractivity contribution < 1.29 is 9.47 Å². The SMILES string of the molecule is CC(C)(C)c1cc(N)nc(C2COCCO2)n1. The summed E-state index contributed by atoms with van der Waals surface area (Å²) >= 11 is 0. The van der Waals surface area contributed by atoms with Crippen molar-refractivity contribution in [2.45, 2.75) is 32.3 Å². The van der Waals surface area contributed by atoms with Crippen LogP contribution in [0, 0.1) is 0 Å². The zero-order valence-electron chi connectivity index (χ0n) is 10.6. The molecule has 1 atom stereocenters. The van der Waals surface area contributed by atoms with Crippen LogP contribution in [0.3, 0.4) is 0 Å². The van der Waals surface area contributed by atoms with E-state index in [4.69, 9.17) is 15.2 Å². The number of nitrogen functional groups attached to an aromatic ring is 1. The highest BCUT2D eigenvalue weighted by Gasteiger charge is 2.23. The molecule has 1 unspecified atom stereocenters. The second-order valence-electron chi connectivity index (χ2n) is 5.22. The fourth-order valence-corrected chi connectivity index (χ4v) is 1.65. The fourth-order valence-electron chi connectivity index (χ4n) is 1.65. The van der Waals surface area contributed by atoms with Crippen molar-refractivity contribution in [2.75, 3.05) is 25.6 Å². The quantitative estimate of drug-likeness (QED) is 0.800. The number of aromatic nitrogens is 2. The Kier molecular flexibility index (Phi) is 3.31. The lowest BCUT2D eigenvalue weighted by Crippen LogP contribution is -2.25. The highest BCUT2D eigenvalue weighted by molar-refractivity contribution is 5.33. The van der Waals surface area contributed by atoms with E-state index in [1.165, 1.54) is 0 Å². The van der Waals surface area contributed by atoms with E-state index in [1.807, 2.05) is 6.07 Å². The standard InChI is InChI=1S/C12H19N3O2/c1-12(2,3)9-6-10(13)15-11(14-9)8-7-16-4-5-17-8/h6,8H,4-5,7H2,1-3H3,(H2,13,14,15). The number of anilines is 1. The molecule has 1 aliphatic rings. The number of hydrogen-bond donors (Lipinski definition) is 1. The van der Waals surface area contributed by atoms with Crippen LogP contribution in [-0.4, -0.2) is 29.8 Å². The minimum Gasteiger partial charge on any atom is -0.384 e. The molecule has 0 amide bonds. The second-order valence-corrected chi connectivity index (χ2v) is 5.22. The van der Waals surface area contributed by atoms with E-state index in [0.717, 1.165) is 5.69 Å². The van der Waals surface area contributed by atoms with Crippen LogP contribution in [-0.2, 0) is 14.9 Å². The van der Waals surface area contributed by atoms with Gasteiger partial charge in [0.05, 0.1) is 25.5 Å². The lowest BCUT2D eigenvalue weighted by molar-refractivity contribution is -0.0935. The molecular weight excluding hydrogens is 218 g/mol. The van der Waals surface area contributed by atoms with E-state index < -0.39 is 0 Å². The maximum absolute atomic E-state index is 5.82.